The third-order valence-electron chi connectivity index (χ3n) is 2.46. The van der Waals surface area contributed by atoms with Crippen molar-refractivity contribution in [1.29, 1.82) is 0 Å². The minimum absolute atomic E-state index is 0.122. The van der Waals surface area contributed by atoms with Crippen LogP contribution in [0.25, 0.3) is 0 Å². The summed E-state index contributed by atoms with van der Waals surface area (Å²) in [6, 6.07) is 5.45. The van der Waals surface area contributed by atoms with Gasteiger partial charge in [0, 0.05) is 11.2 Å². The summed E-state index contributed by atoms with van der Waals surface area (Å²) in [4.78, 5) is 14.6. The quantitative estimate of drug-likeness (QED) is 0.919. The maximum Gasteiger partial charge on any atom is 0.421 e. The normalized spacial score (nSPS) is 11.2. The second-order valence-corrected chi connectivity index (χ2v) is 4.34. The molecule has 0 fully saturated rings. The SMILES string of the molecule is O=C(O)c1cc(Cl)ccc1Oc1ncccc1C(F)(F)F. The lowest BCUT2D eigenvalue weighted by Crippen LogP contribution is -2.09. The summed E-state index contributed by atoms with van der Waals surface area (Å²) in [7, 11) is 0. The van der Waals surface area contributed by atoms with Crippen LogP contribution in [0.2, 0.25) is 5.02 Å². The molecule has 0 saturated heterocycles. The number of carbonyl (C=O) groups is 1. The van der Waals surface area contributed by atoms with Crippen LogP contribution in [-0.2, 0) is 6.18 Å². The minimum atomic E-state index is -4.67. The highest BCUT2D eigenvalue weighted by molar-refractivity contribution is 6.31. The molecule has 0 aliphatic carbocycles. The van der Waals surface area contributed by atoms with Gasteiger partial charge in [0.2, 0.25) is 5.88 Å². The van der Waals surface area contributed by atoms with E-state index in [4.69, 9.17) is 21.4 Å². The molecule has 4 nitrogen and oxygen atoms in total. The van der Waals surface area contributed by atoms with Gasteiger partial charge in [0.15, 0.2) is 0 Å². The fourth-order valence-electron chi connectivity index (χ4n) is 1.55. The maximum atomic E-state index is 12.8. The number of aromatic nitrogens is 1. The van der Waals surface area contributed by atoms with Crippen LogP contribution in [0.5, 0.6) is 11.6 Å². The Morgan fingerprint density at radius 2 is 2.00 bits per heavy atom. The number of hydrogen-bond acceptors (Lipinski definition) is 3. The van der Waals surface area contributed by atoms with Crippen molar-refractivity contribution in [3.8, 4) is 11.6 Å². The Morgan fingerprint density at radius 1 is 1.29 bits per heavy atom. The number of alkyl halides is 3. The molecule has 1 aromatic heterocycles. The number of ether oxygens (including phenoxy) is 1. The van der Waals surface area contributed by atoms with Crippen LogP contribution in [0, 0.1) is 0 Å². The second-order valence-electron chi connectivity index (χ2n) is 3.90. The van der Waals surface area contributed by atoms with Gasteiger partial charge in [0.25, 0.3) is 0 Å². The molecule has 0 amide bonds. The van der Waals surface area contributed by atoms with Gasteiger partial charge < -0.3 is 9.84 Å². The first-order valence-corrected chi connectivity index (χ1v) is 5.90. The van der Waals surface area contributed by atoms with E-state index in [9.17, 15) is 18.0 Å². The molecule has 0 saturated carbocycles. The third kappa shape index (κ3) is 3.43. The van der Waals surface area contributed by atoms with Crippen molar-refractivity contribution in [3.05, 3.63) is 52.7 Å². The number of aromatic carboxylic acids is 1. The number of benzene rings is 1. The number of hydrogen-bond donors (Lipinski definition) is 1. The number of halogens is 4. The number of rotatable bonds is 3. The first kappa shape index (κ1) is 15.1. The van der Waals surface area contributed by atoms with Crippen molar-refractivity contribution in [2.75, 3.05) is 0 Å². The molecule has 2 aromatic rings. The van der Waals surface area contributed by atoms with E-state index in [2.05, 4.69) is 4.98 Å². The molecular weight excluding hydrogens is 311 g/mol. The minimum Gasteiger partial charge on any atom is -0.478 e. The van der Waals surface area contributed by atoms with Gasteiger partial charge in [-0.25, -0.2) is 9.78 Å². The van der Waals surface area contributed by atoms with Crippen LogP contribution >= 0.6 is 11.6 Å². The molecule has 2 rings (SSSR count). The molecular formula is C13H7ClF3NO3. The van der Waals surface area contributed by atoms with Crippen LogP contribution in [0.3, 0.4) is 0 Å². The molecule has 0 unspecified atom stereocenters. The van der Waals surface area contributed by atoms with Gasteiger partial charge in [0.05, 0.1) is 0 Å². The summed E-state index contributed by atoms with van der Waals surface area (Å²) in [6.45, 7) is 0. The molecule has 21 heavy (non-hydrogen) atoms. The lowest BCUT2D eigenvalue weighted by molar-refractivity contribution is -0.138. The van der Waals surface area contributed by atoms with Gasteiger partial charge in [-0.2, -0.15) is 13.2 Å². The van der Waals surface area contributed by atoms with Crippen LogP contribution in [0.1, 0.15) is 15.9 Å². The van der Waals surface area contributed by atoms with Gasteiger partial charge in [-0.1, -0.05) is 11.6 Å². The number of pyridine rings is 1. The molecule has 110 valence electrons. The monoisotopic (exact) mass is 317 g/mol. The zero-order valence-electron chi connectivity index (χ0n) is 10.2. The molecule has 0 bridgehead atoms. The second kappa shape index (κ2) is 5.61. The van der Waals surface area contributed by atoms with Crippen LogP contribution in [0.4, 0.5) is 13.2 Å². The Balaban J connectivity index is 2.47. The highest BCUT2D eigenvalue weighted by atomic mass is 35.5. The molecule has 0 radical (unpaired) electrons. The number of nitrogens with zero attached hydrogens (tertiary/aromatic N) is 1. The summed E-state index contributed by atoms with van der Waals surface area (Å²) in [6.07, 6.45) is -3.56. The lowest BCUT2D eigenvalue weighted by atomic mass is 10.2. The fourth-order valence-corrected chi connectivity index (χ4v) is 1.72. The van der Waals surface area contributed by atoms with Crippen LogP contribution < -0.4 is 4.74 Å². The van der Waals surface area contributed by atoms with Crippen molar-refractivity contribution >= 4 is 17.6 Å². The largest absolute Gasteiger partial charge is 0.478 e. The third-order valence-corrected chi connectivity index (χ3v) is 2.69. The van der Waals surface area contributed by atoms with E-state index in [-0.39, 0.29) is 16.3 Å². The molecule has 0 atom stereocenters. The topological polar surface area (TPSA) is 59.4 Å². The predicted molar refractivity (Wildman–Crippen MR) is 67.7 cm³/mol. The van der Waals surface area contributed by atoms with Gasteiger partial charge in [-0.3, -0.25) is 0 Å². The zero-order chi connectivity index (χ0) is 15.6. The van der Waals surface area contributed by atoms with Crippen molar-refractivity contribution in [1.82, 2.24) is 4.98 Å². The summed E-state index contributed by atoms with van der Waals surface area (Å²) < 4.78 is 43.5. The molecule has 0 aliphatic rings. The van der Waals surface area contributed by atoms with E-state index in [1.54, 1.807) is 0 Å². The first-order valence-electron chi connectivity index (χ1n) is 5.52. The van der Waals surface area contributed by atoms with Crippen LogP contribution in [-0.4, -0.2) is 16.1 Å². The predicted octanol–water partition coefficient (Wildman–Crippen LogP) is 4.24. The molecule has 8 heteroatoms. The van der Waals surface area contributed by atoms with Gasteiger partial charge in [0.1, 0.15) is 16.9 Å². The van der Waals surface area contributed by atoms with E-state index in [1.807, 2.05) is 0 Å². The summed E-state index contributed by atoms with van der Waals surface area (Å²) >= 11 is 5.65. The Labute approximate surface area is 121 Å². The number of carboxylic acid groups (broad SMARTS) is 1. The first-order chi connectivity index (χ1) is 9.79. The molecule has 1 aromatic carbocycles. The summed E-state index contributed by atoms with van der Waals surface area (Å²) in [5.41, 5.74) is -1.46. The van der Waals surface area contributed by atoms with Gasteiger partial charge in [-0.05, 0) is 30.3 Å². The van der Waals surface area contributed by atoms with E-state index in [1.165, 1.54) is 12.1 Å². The van der Waals surface area contributed by atoms with E-state index >= 15 is 0 Å². The molecule has 0 spiro atoms. The van der Waals surface area contributed by atoms with E-state index < -0.39 is 23.6 Å². The summed E-state index contributed by atoms with van der Waals surface area (Å²) in [5, 5.41) is 9.14. The van der Waals surface area contributed by atoms with Crippen molar-refractivity contribution in [2.45, 2.75) is 6.18 Å². The van der Waals surface area contributed by atoms with Gasteiger partial charge >= 0.3 is 12.1 Å². The Morgan fingerprint density at radius 3 is 2.62 bits per heavy atom. The highest BCUT2D eigenvalue weighted by Crippen LogP contribution is 2.37. The van der Waals surface area contributed by atoms with E-state index in [0.29, 0.717) is 0 Å². The highest BCUT2D eigenvalue weighted by Gasteiger charge is 2.35. The number of carboxylic acids is 1. The molecule has 1 N–H and O–H groups in total. The Hall–Kier alpha value is -2.28. The average Bonchev–Trinajstić information content (AvgIpc) is 2.40. The zero-order valence-corrected chi connectivity index (χ0v) is 10.9. The van der Waals surface area contributed by atoms with Gasteiger partial charge in [-0.15, -0.1) is 0 Å². The van der Waals surface area contributed by atoms with E-state index in [0.717, 1.165) is 24.4 Å². The fraction of sp³-hybridized carbons (Fsp3) is 0.0769. The Kier molecular flexibility index (Phi) is 4.04. The van der Waals surface area contributed by atoms with Crippen molar-refractivity contribution in [3.63, 3.8) is 0 Å². The van der Waals surface area contributed by atoms with Crippen LogP contribution in [0.15, 0.2) is 36.5 Å². The average molecular weight is 318 g/mol. The van der Waals surface area contributed by atoms with Crippen molar-refractivity contribution in [2.24, 2.45) is 0 Å². The molecule has 0 aliphatic heterocycles. The Bertz CT molecular complexity index is 689. The van der Waals surface area contributed by atoms with Crippen molar-refractivity contribution < 1.29 is 27.8 Å². The molecule has 1 heterocycles. The standard InChI is InChI=1S/C13H7ClF3NO3/c14-7-3-4-10(8(6-7)12(19)20)21-11-9(13(15,16)17)2-1-5-18-11/h1-6H,(H,19,20). The maximum absolute atomic E-state index is 12.8. The summed E-state index contributed by atoms with van der Waals surface area (Å²) in [5.74, 6) is -2.39. The smallest absolute Gasteiger partial charge is 0.421 e. The lowest BCUT2D eigenvalue weighted by Gasteiger charge is -2.13.